The number of thioether (sulfide) groups is 1. The van der Waals surface area contributed by atoms with E-state index in [1.807, 2.05) is 25.1 Å². The zero-order valence-corrected chi connectivity index (χ0v) is 13.1. The molecule has 0 aliphatic carbocycles. The summed E-state index contributed by atoms with van der Waals surface area (Å²) in [7, 11) is 1.65. The van der Waals surface area contributed by atoms with Gasteiger partial charge in [-0.2, -0.15) is 0 Å². The number of rotatable bonds is 4. The van der Waals surface area contributed by atoms with Crippen molar-refractivity contribution in [3.8, 4) is 5.75 Å². The van der Waals surface area contributed by atoms with E-state index in [9.17, 15) is 0 Å². The van der Waals surface area contributed by atoms with Crippen LogP contribution in [0.5, 0.6) is 5.75 Å². The molecule has 1 aromatic carbocycles. The molecule has 1 heterocycles. The summed E-state index contributed by atoms with van der Waals surface area (Å²) in [5.41, 5.74) is 7.75. The highest BCUT2D eigenvalue weighted by Crippen LogP contribution is 2.28. The summed E-state index contributed by atoms with van der Waals surface area (Å²) in [5, 5.41) is 0.699. The Labute approximate surface area is 124 Å². The summed E-state index contributed by atoms with van der Waals surface area (Å²) >= 11 is 5.03. The van der Waals surface area contributed by atoms with E-state index in [-0.39, 0.29) is 0 Å². The predicted octanol–water partition coefficient (Wildman–Crippen LogP) is 3.43. The van der Waals surface area contributed by atoms with Crippen LogP contribution in [-0.4, -0.2) is 17.1 Å². The number of benzene rings is 1. The number of aryl methyl sites for hydroxylation is 1. The Balaban J connectivity index is 2.08. The average Bonchev–Trinajstić information content (AvgIpc) is 2.35. The molecule has 0 aliphatic heterocycles. The van der Waals surface area contributed by atoms with E-state index in [0.29, 0.717) is 11.0 Å². The number of halogens is 1. The van der Waals surface area contributed by atoms with Gasteiger partial charge in [0.15, 0.2) is 5.16 Å². The van der Waals surface area contributed by atoms with Gasteiger partial charge in [-0.1, -0.05) is 17.8 Å². The lowest BCUT2D eigenvalue weighted by atomic mass is 10.2. The summed E-state index contributed by atoms with van der Waals surface area (Å²) in [5.74, 6) is 2.11. The molecule has 2 rings (SSSR count). The van der Waals surface area contributed by atoms with Crippen molar-refractivity contribution in [1.29, 1.82) is 0 Å². The van der Waals surface area contributed by atoms with Crippen molar-refractivity contribution in [2.24, 2.45) is 0 Å². The molecule has 0 unspecified atom stereocenters. The number of anilines is 1. The monoisotopic (exact) mass is 339 g/mol. The van der Waals surface area contributed by atoms with Gasteiger partial charge in [0.2, 0.25) is 0 Å². The van der Waals surface area contributed by atoms with E-state index in [1.165, 1.54) is 5.56 Å². The molecule has 2 N–H and O–H groups in total. The van der Waals surface area contributed by atoms with E-state index < -0.39 is 0 Å². The number of nitrogen functional groups attached to an aromatic ring is 1. The second kappa shape index (κ2) is 6.25. The molecule has 0 atom stereocenters. The van der Waals surface area contributed by atoms with E-state index in [1.54, 1.807) is 24.9 Å². The smallest absolute Gasteiger partial charge is 0.190 e. The van der Waals surface area contributed by atoms with E-state index in [2.05, 4.69) is 25.9 Å². The Hall–Kier alpha value is -1.27. The van der Waals surface area contributed by atoms with Crippen LogP contribution in [0.15, 0.2) is 33.9 Å². The first-order chi connectivity index (χ1) is 9.08. The lowest BCUT2D eigenvalue weighted by Crippen LogP contribution is -1.96. The molecule has 4 nitrogen and oxygen atoms in total. The maximum absolute atomic E-state index is 5.70. The minimum atomic E-state index is 0.505. The highest BCUT2D eigenvalue weighted by atomic mass is 79.9. The van der Waals surface area contributed by atoms with Gasteiger partial charge in [-0.25, -0.2) is 9.97 Å². The van der Waals surface area contributed by atoms with Gasteiger partial charge in [-0.3, -0.25) is 0 Å². The Bertz CT molecular complexity index is 572. The van der Waals surface area contributed by atoms with Crippen LogP contribution in [0.1, 0.15) is 11.3 Å². The summed E-state index contributed by atoms with van der Waals surface area (Å²) < 4.78 is 6.14. The Morgan fingerprint density at radius 3 is 2.74 bits per heavy atom. The van der Waals surface area contributed by atoms with Crippen LogP contribution < -0.4 is 10.5 Å². The second-order valence-electron chi connectivity index (χ2n) is 3.97. The molecule has 0 saturated heterocycles. The van der Waals surface area contributed by atoms with Crippen molar-refractivity contribution in [1.82, 2.24) is 9.97 Å². The SMILES string of the molecule is COc1ccc(CSc2nc(C)cc(N)n2)cc1Br. The fraction of sp³-hybridized carbons (Fsp3) is 0.231. The second-order valence-corrected chi connectivity index (χ2v) is 5.77. The maximum atomic E-state index is 5.70. The molecule has 0 fully saturated rings. The molecular formula is C13H14BrN3OS. The summed E-state index contributed by atoms with van der Waals surface area (Å²) in [4.78, 5) is 8.54. The van der Waals surface area contributed by atoms with Crippen molar-refractivity contribution in [3.05, 3.63) is 40.0 Å². The van der Waals surface area contributed by atoms with Crippen molar-refractivity contribution < 1.29 is 4.74 Å². The molecule has 0 aliphatic rings. The standard InChI is InChI=1S/C13H14BrN3OS/c1-8-5-12(15)17-13(16-8)19-7-9-3-4-11(18-2)10(14)6-9/h3-6H,7H2,1-2H3,(H2,15,16,17). The summed E-state index contributed by atoms with van der Waals surface area (Å²) in [6.45, 7) is 1.91. The van der Waals surface area contributed by atoms with E-state index >= 15 is 0 Å². The number of nitrogens with zero attached hydrogens (tertiary/aromatic N) is 2. The third kappa shape index (κ3) is 3.84. The first-order valence-electron chi connectivity index (χ1n) is 5.65. The van der Waals surface area contributed by atoms with Crippen molar-refractivity contribution in [2.45, 2.75) is 17.8 Å². The number of aromatic nitrogens is 2. The zero-order chi connectivity index (χ0) is 13.8. The first-order valence-corrected chi connectivity index (χ1v) is 7.42. The fourth-order valence-electron chi connectivity index (χ4n) is 1.58. The van der Waals surface area contributed by atoms with E-state index in [4.69, 9.17) is 10.5 Å². The van der Waals surface area contributed by atoms with Gasteiger partial charge in [-0.15, -0.1) is 0 Å². The molecule has 0 radical (unpaired) electrons. The topological polar surface area (TPSA) is 61.0 Å². The van der Waals surface area contributed by atoms with Crippen LogP contribution in [0.2, 0.25) is 0 Å². The highest BCUT2D eigenvalue weighted by Gasteiger charge is 2.04. The lowest BCUT2D eigenvalue weighted by Gasteiger charge is -2.06. The first kappa shape index (κ1) is 14.1. The summed E-state index contributed by atoms with van der Waals surface area (Å²) in [6.07, 6.45) is 0. The van der Waals surface area contributed by atoms with Crippen LogP contribution >= 0.6 is 27.7 Å². The van der Waals surface area contributed by atoms with Crippen molar-refractivity contribution in [3.63, 3.8) is 0 Å². The third-order valence-electron chi connectivity index (χ3n) is 2.44. The molecule has 0 spiro atoms. The normalized spacial score (nSPS) is 10.5. The van der Waals surface area contributed by atoms with Gasteiger partial charge < -0.3 is 10.5 Å². The highest BCUT2D eigenvalue weighted by molar-refractivity contribution is 9.10. The summed E-state index contributed by atoms with van der Waals surface area (Å²) in [6, 6.07) is 7.75. The van der Waals surface area contributed by atoms with Gasteiger partial charge in [0, 0.05) is 17.5 Å². The lowest BCUT2D eigenvalue weighted by molar-refractivity contribution is 0.412. The molecule has 0 amide bonds. The number of methoxy groups -OCH3 is 1. The third-order valence-corrected chi connectivity index (χ3v) is 3.98. The number of hydrogen-bond donors (Lipinski definition) is 1. The van der Waals surface area contributed by atoms with Crippen LogP contribution in [0, 0.1) is 6.92 Å². The quantitative estimate of drug-likeness (QED) is 0.682. The van der Waals surface area contributed by atoms with E-state index in [0.717, 1.165) is 21.7 Å². The van der Waals surface area contributed by atoms with Crippen molar-refractivity contribution >= 4 is 33.5 Å². The zero-order valence-electron chi connectivity index (χ0n) is 10.7. The molecule has 19 heavy (non-hydrogen) atoms. The molecule has 100 valence electrons. The molecular weight excluding hydrogens is 326 g/mol. The predicted molar refractivity (Wildman–Crippen MR) is 81.4 cm³/mol. The largest absolute Gasteiger partial charge is 0.496 e. The average molecular weight is 340 g/mol. The van der Waals surface area contributed by atoms with Gasteiger partial charge >= 0.3 is 0 Å². The van der Waals surface area contributed by atoms with Crippen LogP contribution in [0.25, 0.3) is 0 Å². The molecule has 6 heteroatoms. The minimum absolute atomic E-state index is 0.505. The van der Waals surface area contributed by atoms with Crippen molar-refractivity contribution in [2.75, 3.05) is 12.8 Å². The van der Waals surface area contributed by atoms with Gasteiger partial charge in [0.1, 0.15) is 11.6 Å². The van der Waals surface area contributed by atoms with Crippen LogP contribution in [0.3, 0.4) is 0 Å². The fourth-order valence-corrected chi connectivity index (χ4v) is 3.02. The van der Waals surface area contributed by atoms with Crippen LogP contribution in [0.4, 0.5) is 5.82 Å². The molecule has 0 saturated carbocycles. The molecule has 2 aromatic rings. The number of hydrogen-bond acceptors (Lipinski definition) is 5. The Morgan fingerprint density at radius 2 is 2.11 bits per heavy atom. The molecule has 0 bridgehead atoms. The maximum Gasteiger partial charge on any atom is 0.190 e. The Morgan fingerprint density at radius 1 is 1.32 bits per heavy atom. The minimum Gasteiger partial charge on any atom is -0.496 e. The van der Waals surface area contributed by atoms with Gasteiger partial charge in [0.25, 0.3) is 0 Å². The van der Waals surface area contributed by atoms with Gasteiger partial charge in [0.05, 0.1) is 11.6 Å². The van der Waals surface area contributed by atoms with Gasteiger partial charge in [-0.05, 0) is 40.5 Å². The molecule has 1 aromatic heterocycles. The Kier molecular flexibility index (Phi) is 4.66. The van der Waals surface area contributed by atoms with Crippen LogP contribution in [-0.2, 0) is 5.75 Å². The number of ether oxygens (including phenoxy) is 1. The number of nitrogens with two attached hydrogens (primary N) is 1.